The van der Waals surface area contributed by atoms with E-state index in [0.717, 1.165) is 25.7 Å². The molecular weight excluding hydrogens is 1110 g/mol. The van der Waals surface area contributed by atoms with E-state index in [2.05, 4.69) is 54.5 Å². The molecule has 14 N–H and O–H groups in total. The summed E-state index contributed by atoms with van der Waals surface area (Å²) in [6, 6.07) is 0. The second kappa shape index (κ2) is 23.8. The van der Waals surface area contributed by atoms with Crippen molar-refractivity contribution in [2.24, 2.45) is 50.2 Å². The van der Waals surface area contributed by atoms with Crippen LogP contribution in [0.5, 0.6) is 0 Å². The van der Waals surface area contributed by atoms with Gasteiger partial charge in [0.1, 0.15) is 104 Å². The van der Waals surface area contributed by atoms with E-state index in [0.29, 0.717) is 38.5 Å². The topological polar surface area (TPSA) is 393 Å². The summed E-state index contributed by atoms with van der Waals surface area (Å²) in [5.74, 6) is -0.449. The molecule has 0 bridgehead atoms. The van der Waals surface area contributed by atoms with Crippen molar-refractivity contribution in [3.63, 3.8) is 0 Å². The minimum atomic E-state index is -1.88. The van der Waals surface area contributed by atoms with Crippen molar-refractivity contribution < 1.29 is 124 Å². The maximum Gasteiger partial charge on any atom is 0.315 e. The van der Waals surface area contributed by atoms with Crippen molar-refractivity contribution in [3.8, 4) is 0 Å². The van der Waals surface area contributed by atoms with Gasteiger partial charge in [-0.25, -0.2) is 0 Å². The highest BCUT2D eigenvalue weighted by Crippen LogP contribution is 2.76. The molecule has 5 aliphatic heterocycles. The number of fused-ring (bicyclic) bond motifs is 7. The highest BCUT2D eigenvalue weighted by molar-refractivity contribution is 5.79. The summed E-state index contributed by atoms with van der Waals surface area (Å²) in [6.45, 7) is 17.3. The van der Waals surface area contributed by atoms with E-state index in [-0.39, 0.29) is 52.1 Å². The molecule has 5 aliphatic carbocycles. The largest absolute Gasteiger partial charge is 0.432 e. The maximum absolute atomic E-state index is 15.2. The molecule has 0 aromatic carbocycles. The number of hydrogen-bond donors (Lipinski definition) is 14. The smallest absolute Gasteiger partial charge is 0.315 e. The number of esters is 1. The third-order valence-electron chi connectivity index (χ3n) is 23.0. The Hall–Kier alpha value is -1.71. The molecule has 10 rings (SSSR count). The molecule has 0 aromatic heterocycles. The number of allylic oxidation sites excluding steroid dienone is 2. The van der Waals surface area contributed by atoms with Crippen LogP contribution in [0.25, 0.3) is 0 Å². The molecule has 0 radical (unpaired) electrons. The average molecular weight is 1210 g/mol. The standard InChI is InChI=1S/C59H96O25/c1-24-34(62)38(66)42(70)49(77-24)82-46-29(21-60)79-48(45(73)41(46)69)76-23-30-37(65)40(68)44(72)51(80-30)84-53(74)59-18-16-54(3,4)20-27(59)26-10-11-32-56(7)14-13-33(55(5,6)31(56)12-15-58(32,9)57(26,8)17-19-59)81-52-47(36(64)28(61)22-75-52)83-50-43(71)39(67)35(63)25(2)78-50/h10,24-25,27-52,60-73H,11-23H2,1-9H3/t24-,25+,27?,28+,29+,30+,31?,32?,33-,34-,35+,36+,37+,38-,39+,40+,41-,42-,43+,44+,45+,46+,47+,48+,49-,50-,51-,52-,56-,57?,58+,59-/m0/s1. The summed E-state index contributed by atoms with van der Waals surface area (Å²) in [5.41, 5.74) is -1.12. The number of ether oxygens (including phenoxy) is 10. The first-order valence-electron chi connectivity index (χ1n) is 30.5. The van der Waals surface area contributed by atoms with E-state index < -0.39 is 177 Å². The van der Waals surface area contributed by atoms with Gasteiger partial charge in [-0.1, -0.05) is 60.1 Å². The molecular formula is C59H96O25. The Morgan fingerprint density at radius 1 is 0.560 bits per heavy atom. The van der Waals surface area contributed by atoms with Gasteiger partial charge in [0.2, 0.25) is 6.29 Å². The second-order valence-corrected chi connectivity index (χ2v) is 28.6. The molecule has 4 saturated carbocycles. The van der Waals surface area contributed by atoms with Gasteiger partial charge < -0.3 is 119 Å². The van der Waals surface area contributed by atoms with Crippen molar-refractivity contribution in [2.75, 3.05) is 19.8 Å². The van der Waals surface area contributed by atoms with E-state index in [1.165, 1.54) is 19.4 Å². The monoisotopic (exact) mass is 1200 g/mol. The predicted octanol–water partition coefficient (Wildman–Crippen LogP) is -1.52. The van der Waals surface area contributed by atoms with Crippen LogP contribution in [0.15, 0.2) is 11.6 Å². The number of aliphatic hydroxyl groups excluding tert-OH is 14. The van der Waals surface area contributed by atoms with Gasteiger partial charge in [-0.2, -0.15) is 0 Å². The minimum absolute atomic E-state index is 0.150. The maximum atomic E-state index is 15.2. The van der Waals surface area contributed by atoms with Crippen LogP contribution in [-0.2, 0) is 52.2 Å². The van der Waals surface area contributed by atoms with E-state index in [4.69, 9.17) is 47.4 Å². The highest BCUT2D eigenvalue weighted by atomic mass is 16.8. The van der Waals surface area contributed by atoms with Crippen molar-refractivity contribution in [1.29, 1.82) is 0 Å². The Bertz CT molecular complexity index is 2340. The molecule has 5 heterocycles. The Morgan fingerprint density at radius 3 is 1.76 bits per heavy atom. The fraction of sp³-hybridized carbons (Fsp3) is 0.949. The zero-order valence-corrected chi connectivity index (χ0v) is 49.7. The van der Waals surface area contributed by atoms with Crippen LogP contribution in [-0.4, -0.2) is 251 Å². The van der Waals surface area contributed by atoms with Gasteiger partial charge in [0.05, 0.1) is 43.5 Å². The van der Waals surface area contributed by atoms with Crippen molar-refractivity contribution in [3.05, 3.63) is 11.6 Å². The van der Waals surface area contributed by atoms with Gasteiger partial charge in [0.15, 0.2) is 25.2 Å². The molecule has 25 heteroatoms. The van der Waals surface area contributed by atoms with E-state index >= 15 is 4.79 Å². The number of carbonyl (C=O) groups is 1. The lowest BCUT2D eigenvalue weighted by Crippen LogP contribution is -2.66. The number of carbonyl (C=O) groups excluding carboxylic acids is 1. The zero-order chi connectivity index (χ0) is 61.3. The molecule has 9 fully saturated rings. The molecule has 0 amide bonds. The molecule has 32 atom stereocenters. The SMILES string of the molecule is C[C@@H]1O[C@@H](O[C@H]2[C@@H](O)[C@@H](O)[C@H](OC[C@H]3O[C@@H](OC(=O)[C@]45CCC(C)(C)CC4C4=CCC6[C@@]7(C)CC[C@H](O[C@@H]8OC[C@@H](O)[C@@H](O)[C@H]8O[C@@H]8O[C@H](C)[C@@H](O)[C@@H](O)[C@H]8O)C(C)(C)C7CC[C@@]6(C)C4(C)CC5)[C@H](O)[C@H](O)[C@@H]3O)O[C@@H]2CO)[C@@H](O)[C@@H](O)[C@H]1O. The van der Waals surface area contributed by atoms with Gasteiger partial charge in [-0.15, -0.1) is 0 Å². The number of rotatable bonds is 12. The van der Waals surface area contributed by atoms with Crippen LogP contribution in [0.1, 0.15) is 127 Å². The number of hydrogen-bond acceptors (Lipinski definition) is 25. The first-order valence-corrected chi connectivity index (χ1v) is 30.5. The lowest BCUT2D eigenvalue weighted by molar-refractivity contribution is -0.364. The van der Waals surface area contributed by atoms with E-state index in [1.807, 2.05) is 0 Å². The molecule has 482 valence electrons. The summed E-state index contributed by atoms with van der Waals surface area (Å²) in [4.78, 5) is 15.2. The summed E-state index contributed by atoms with van der Waals surface area (Å²) < 4.78 is 59.6. The van der Waals surface area contributed by atoms with E-state index in [1.54, 1.807) is 0 Å². The first kappa shape index (κ1) is 65.2. The minimum Gasteiger partial charge on any atom is -0.432 e. The van der Waals surface area contributed by atoms with Crippen LogP contribution in [0.2, 0.25) is 0 Å². The van der Waals surface area contributed by atoms with E-state index in [9.17, 15) is 71.5 Å². The average Bonchev–Trinajstić information content (AvgIpc) is 0.691. The Morgan fingerprint density at radius 2 is 1.13 bits per heavy atom. The van der Waals surface area contributed by atoms with Gasteiger partial charge in [0, 0.05) is 0 Å². The summed E-state index contributed by atoms with van der Waals surface area (Å²) >= 11 is 0. The van der Waals surface area contributed by atoms with Crippen molar-refractivity contribution in [2.45, 2.75) is 280 Å². The fourth-order valence-corrected chi connectivity index (χ4v) is 17.5. The third kappa shape index (κ3) is 10.9. The Balaban J connectivity index is 0.824. The van der Waals surface area contributed by atoms with Crippen LogP contribution in [0.4, 0.5) is 0 Å². The van der Waals surface area contributed by atoms with Crippen molar-refractivity contribution in [1.82, 2.24) is 0 Å². The quantitative estimate of drug-likeness (QED) is 0.0600. The normalized spacial score (nSPS) is 54.6. The Labute approximate surface area is 490 Å². The zero-order valence-electron chi connectivity index (χ0n) is 49.7. The van der Waals surface area contributed by atoms with Gasteiger partial charge in [0.25, 0.3) is 0 Å². The summed E-state index contributed by atoms with van der Waals surface area (Å²) in [5, 5.41) is 151. The summed E-state index contributed by atoms with van der Waals surface area (Å²) in [6.07, 6.45) is -27.9. The fourth-order valence-electron chi connectivity index (χ4n) is 17.5. The van der Waals surface area contributed by atoms with Crippen LogP contribution >= 0.6 is 0 Å². The van der Waals surface area contributed by atoms with Crippen molar-refractivity contribution >= 4 is 5.97 Å². The lowest BCUT2D eigenvalue weighted by atomic mass is 9.33. The molecule has 0 aromatic rings. The second-order valence-electron chi connectivity index (χ2n) is 28.6. The number of aliphatic hydroxyl groups is 14. The first-order chi connectivity index (χ1) is 39.3. The van der Waals surface area contributed by atoms with Gasteiger partial charge >= 0.3 is 5.97 Å². The van der Waals surface area contributed by atoms with Crippen LogP contribution in [0, 0.1) is 50.2 Å². The predicted molar refractivity (Wildman–Crippen MR) is 287 cm³/mol. The Kier molecular flexibility index (Phi) is 18.5. The molecule has 84 heavy (non-hydrogen) atoms. The molecule has 5 saturated heterocycles. The molecule has 10 aliphatic rings. The highest BCUT2D eigenvalue weighted by Gasteiger charge is 2.70. The molecule has 4 unspecified atom stereocenters. The van der Waals surface area contributed by atoms with Crippen LogP contribution in [0.3, 0.4) is 0 Å². The molecule has 25 nitrogen and oxygen atoms in total. The lowest BCUT2D eigenvalue weighted by Gasteiger charge is -2.71. The summed E-state index contributed by atoms with van der Waals surface area (Å²) in [7, 11) is 0. The van der Waals surface area contributed by atoms with Gasteiger partial charge in [-0.05, 0) is 123 Å². The third-order valence-corrected chi connectivity index (χ3v) is 23.0. The van der Waals surface area contributed by atoms with Crippen LogP contribution < -0.4 is 0 Å². The molecule has 0 spiro atoms. The van der Waals surface area contributed by atoms with Gasteiger partial charge in [-0.3, -0.25) is 4.79 Å².